The average Bonchev–Trinajstić information content (AvgIpc) is 2.66. The molecule has 0 radical (unpaired) electrons. The van der Waals surface area contributed by atoms with Crippen molar-refractivity contribution in [2.45, 2.75) is 20.4 Å². The molecule has 140 valence electrons. The summed E-state index contributed by atoms with van der Waals surface area (Å²) >= 11 is 0. The lowest BCUT2D eigenvalue weighted by molar-refractivity contribution is -0.117. The molecular formula is C24H22N2O2. The zero-order valence-electron chi connectivity index (χ0n) is 16.0. The Hall–Kier alpha value is -3.53. The van der Waals surface area contributed by atoms with Crippen LogP contribution >= 0.6 is 0 Å². The van der Waals surface area contributed by atoms with E-state index >= 15 is 0 Å². The number of fused-ring (bicyclic) bond motifs is 1. The maximum Gasteiger partial charge on any atom is 0.294 e. The number of ether oxygens (including phenoxy) is 1. The lowest BCUT2D eigenvalue weighted by Gasteiger charge is -2.31. The van der Waals surface area contributed by atoms with Gasteiger partial charge in [0.25, 0.3) is 5.91 Å². The van der Waals surface area contributed by atoms with Crippen LogP contribution in [0.1, 0.15) is 22.3 Å². The van der Waals surface area contributed by atoms with E-state index < -0.39 is 0 Å². The highest BCUT2D eigenvalue weighted by Gasteiger charge is 2.30. The van der Waals surface area contributed by atoms with Gasteiger partial charge in [0, 0.05) is 11.8 Å². The van der Waals surface area contributed by atoms with Crippen molar-refractivity contribution in [1.29, 1.82) is 0 Å². The second-order valence-corrected chi connectivity index (χ2v) is 7.13. The third-order valence-electron chi connectivity index (χ3n) is 4.75. The molecule has 3 aromatic rings. The Labute approximate surface area is 164 Å². The fourth-order valence-electron chi connectivity index (χ4n) is 3.28. The topological polar surface area (TPSA) is 55.6 Å². The van der Waals surface area contributed by atoms with Crippen molar-refractivity contribution in [3.8, 4) is 5.75 Å². The van der Waals surface area contributed by atoms with Crippen molar-refractivity contribution in [2.75, 3.05) is 10.6 Å². The highest BCUT2D eigenvalue weighted by Crippen LogP contribution is 2.38. The van der Waals surface area contributed by atoms with Crippen LogP contribution in [0.5, 0.6) is 5.75 Å². The summed E-state index contributed by atoms with van der Waals surface area (Å²) in [6.45, 7) is 4.53. The molecule has 0 saturated carbocycles. The van der Waals surface area contributed by atoms with Gasteiger partial charge in [0.05, 0.1) is 12.2 Å². The molecule has 4 rings (SSSR count). The molecule has 0 fully saturated rings. The fraction of sp³-hybridized carbons (Fsp3) is 0.125. The van der Waals surface area contributed by atoms with Crippen molar-refractivity contribution >= 4 is 23.4 Å². The summed E-state index contributed by atoms with van der Waals surface area (Å²) in [5.74, 6) is 0.709. The fourth-order valence-corrected chi connectivity index (χ4v) is 3.28. The van der Waals surface area contributed by atoms with Crippen molar-refractivity contribution < 1.29 is 9.53 Å². The number of nitrogens with two attached hydrogens (primary N) is 1. The van der Waals surface area contributed by atoms with E-state index in [-0.39, 0.29) is 11.7 Å². The van der Waals surface area contributed by atoms with Gasteiger partial charge in [-0.2, -0.15) is 0 Å². The van der Waals surface area contributed by atoms with E-state index in [1.165, 1.54) is 5.56 Å². The molecule has 1 heterocycles. The van der Waals surface area contributed by atoms with Crippen LogP contribution in [-0.2, 0) is 11.3 Å². The lowest BCUT2D eigenvalue weighted by Crippen LogP contribution is -2.36. The molecule has 4 heteroatoms. The van der Waals surface area contributed by atoms with Gasteiger partial charge in [0.1, 0.15) is 0 Å². The van der Waals surface area contributed by atoms with Gasteiger partial charge in [-0.05, 0) is 43.2 Å². The molecule has 1 aliphatic rings. The largest absolute Gasteiger partial charge is 0.449 e. The highest BCUT2D eigenvalue weighted by atomic mass is 16.5. The monoisotopic (exact) mass is 370 g/mol. The number of carbonyl (C=O) groups is 1. The zero-order valence-corrected chi connectivity index (χ0v) is 16.0. The van der Waals surface area contributed by atoms with Gasteiger partial charge in [0.15, 0.2) is 11.5 Å². The normalized spacial score (nSPS) is 14.7. The number of aryl methyl sites for hydroxylation is 2. The van der Waals surface area contributed by atoms with Crippen molar-refractivity contribution in [1.82, 2.24) is 0 Å². The highest BCUT2D eigenvalue weighted by molar-refractivity contribution is 6.10. The van der Waals surface area contributed by atoms with E-state index in [1.54, 1.807) is 23.1 Å². The first-order valence-corrected chi connectivity index (χ1v) is 9.23. The standard InChI is InChI=1S/C24H22N2O2/c1-16-6-8-18(9-7-16)15-26-21-11-10-20(25)14-22(21)28-23(24(26)27)13-19-5-3-4-17(2)12-19/h3-14H,15,25H2,1-2H3/b23-13+. The quantitative estimate of drug-likeness (QED) is 0.529. The molecule has 0 saturated heterocycles. The van der Waals surface area contributed by atoms with Crippen molar-refractivity contribution in [3.63, 3.8) is 0 Å². The number of hydrogen-bond donors (Lipinski definition) is 1. The van der Waals surface area contributed by atoms with Crippen LogP contribution in [0.4, 0.5) is 11.4 Å². The minimum Gasteiger partial charge on any atom is -0.449 e. The van der Waals surface area contributed by atoms with Crippen molar-refractivity contribution in [2.24, 2.45) is 0 Å². The van der Waals surface area contributed by atoms with Gasteiger partial charge < -0.3 is 10.5 Å². The van der Waals surface area contributed by atoms with Gasteiger partial charge in [0.2, 0.25) is 0 Å². The molecule has 4 nitrogen and oxygen atoms in total. The van der Waals surface area contributed by atoms with Crippen LogP contribution < -0.4 is 15.4 Å². The Morgan fingerprint density at radius 1 is 0.964 bits per heavy atom. The molecule has 0 bridgehead atoms. The summed E-state index contributed by atoms with van der Waals surface area (Å²) in [6.07, 6.45) is 1.78. The molecule has 0 spiro atoms. The lowest BCUT2D eigenvalue weighted by atomic mass is 10.1. The van der Waals surface area contributed by atoms with Gasteiger partial charge >= 0.3 is 0 Å². The molecule has 2 N–H and O–H groups in total. The van der Waals surface area contributed by atoms with Crippen molar-refractivity contribution in [3.05, 3.63) is 94.7 Å². The number of benzene rings is 3. The van der Waals surface area contributed by atoms with Crippen LogP contribution in [0.25, 0.3) is 6.08 Å². The number of amides is 1. The first kappa shape index (κ1) is 17.9. The number of nitrogens with zero attached hydrogens (tertiary/aromatic N) is 1. The molecular weight excluding hydrogens is 348 g/mol. The summed E-state index contributed by atoms with van der Waals surface area (Å²) in [5, 5.41) is 0. The molecule has 0 aromatic heterocycles. The second-order valence-electron chi connectivity index (χ2n) is 7.13. The Kier molecular flexibility index (Phi) is 4.62. The number of nitrogen functional groups attached to an aromatic ring is 1. The van der Waals surface area contributed by atoms with Gasteiger partial charge in [-0.3, -0.25) is 9.69 Å². The van der Waals surface area contributed by atoms with Crippen LogP contribution in [0.3, 0.4) is 0 Å². The SMILES string of the molecule is Cc1ccc(CN2C(=O)/C(=C\c3cccc(C)c3)Oc3cc(N)ccc32)cc1. The Morgan fingerprint density at radius 2 is 1.75 bits per heavy atom. The summed E-state index contributed by atoms with van der Waals surface area (Å²) < 4.78 is 5.95. The molecule has 3 aromatic carbocycles. The van der Waals surface area contributed by atoms with Crippen LogP contribution in [0.15, 0.2) is 72.5 Å². The summed E-state index contributed by atoms with van der Waals surface area (Å²) in [5.41, 5.74) is 11.6. The van der Waals surface area contributed by atoms with E-state index in [1.807, 2.05) is 68.4 Å². The Balaban J connectivity index is 1.75. The van der Waals surface area contributed by atoms with E-state index in [4.69, 9.17) is 10.5 Å². The summed E-state index contributed by atoms with van der Waals surface area (Å²) in [4.78, 5) is 15.0. The smallest absolute Gasteiger partial charge is 0.294 e. The predicted molar refractivity (Wildman–Crippen MR) is 113 cm³/mol. The molecule has 1 amide bonds. The predicted octanol–water partition coefficient (Wildman–Crippen LogP) is 4.85. The Morgan fingerprint density at radius 3 is 2.50 bits per heavy atom. The summed E-state index contributed by atoms with van der Waals surface area (Å²) in [7, 11) is 0. The molecule has 0 aliphatic carbocycles. The zero-order chi connectivity index (χ0) is 19.7. The summed E-state index contributed by atoms with van der Waals surface area (Å²) in [6, 6.07) is 21.5. The molecule has 0 atom stereocenters. The number of carbonyl (C=O) groups excluding carboxylic acids is 1. The first-order chi connectivity index (χ1) is 13.5. The third-order valence-corrected chi connectivity index (χ3v) is 4.75. The third kappa shape index (κ3) is 3.62. The van der Waals surface area contributed by atoms with E-state index in [9.17, 15) is 4.79 Å². The first-order valence-electron chi connectivity index (χ1n) is 9.23. The number of anilines is 2. The minimum atomic E-state index is -0.167. The van der Waals surface area contributed by atoms with Crippen LogP contribution in [0.2, 0.25) is 0 Å². The maximum absolute atomic E-state index is 13.2. The minimum absolute atomic E-state index is 0.167. The van der Waals surface area contributed by atoms with E-state index in [0.717, 1.165) is 22.4 Å². The van der Waals surface area contributed by atoms with Gasteiger partial charge in [-0.25, -0.2) is 0 Å². The number of rotatable bonds is 3. The van der Waals surface area contributed by atoms with E-state index in [0.29, 0.717) is 18.0 Å². The van der Waals surface area contributed by atoms with E-state index in [2.05, 4.69) is 0 Å². The van der Waals surface area contributed by atoms with Crippen LogP contribution in [0, 0.1) is 13.8 Å². The Bertz CT molecular complexity index is 1070. The van der Waals surface area contributed by atoms with Gasteiger partial charge in [-0.1, -0.05) is 59.7 Å². The average molecular weight is 370 g/mol. The second kappa shape index (κ2) is 7.24. The molecule has 0 unspecified atom stereocenters. The molecule has 1 aliphatic heterocycles. The molecule has 28 heavy (non-hydrogen) atoms. The number of hydrogen-bond acceptors (Lipinski definition) is 3. The maximum atomic E-state index is 13.2. The van der Waals surface area contributed by atoms with Crippen LogP contribution in [-0.4, -0.2) is 5.91 Å². The van der Waals surface area contributed by atoms with Gasteiger partial charge in [-0.15, -0.1) is 0 Å².